The quantitative estimate of drug-likeness (QED) is 0.551. The molecule has 0 nitrogen and oxygen atoms in total. The Kier molecular flexibility index (Phi) is 2.76. The van der Waals surface area contributed by atoms with Crippen LogP contribution >= 0.6 is 0 Å². The molecular weight excluding hydrogens is 120 g/mol. The maximum Gasteiger partial charge on any atom is -0.0363 e. The van der Waals surface area contributed by atoms with Gasteiger partial charge in [0.25, 0.3) is 0 Å². The zero-order chi connectivity index (χ0) is 7.56. The minimum atomic E-state index is 1.01. The van der Waals surface area contributed by atoms with Gasteiger partial charge < -0.3 is 0 Å². The van der Waals surface area contributed by atoms with Gasteiger partial charge in [0.15, 0.2) is 0 Å². The van der Waals surface area contributed by atoms with Gasteiger partial charge in [-0.2, -0.15) is 0 Å². The first kappa shape index (κ1) is 8.10. The summed E-state index contributed by atoms with van der Waals surface area (Å²) in [6.07, 6.45) is 5.79. The first-order chi connectivity index (χ1) is 4.79. The summed E-state index contributed by atoms with van der Waals surface area (Å²) in [7, 11) is 0. The van der Waals surface area contributed by atoms with Crippen LogP contribution in [0.4, 0.5) is 0 Å². The topological polar surface area (TPSA) is 0 Å². The molecule has 0 N–H and O–H groups in total. The summed E-state index contributed by atoms with van der Waals surface area (Å²) in [6.45, 7) is 7.10. The third-order valence-electron chi connectivity index (χ3n) is 3.32. The monoisotopic (exact) mass is 140 g/mol. The van der Waals surface area contributed by atoms with Gasteiger partial charge in [0.1, 0.15) is 0 Å². The van der Waals surface area contributed by atoms with Gasteiger partial charge in [-0.3, -0.25) is 0 Å². The standard InChI is InChI=1S/C10H20/c1-4-9-7-6-8(3)10(9)5-2/h8-10H,4-7H2,1-3H3. The molecular formula is C10H20. The molecule has 3 unspecified atom stereocenters. The second-order valence-electron chi connectivity index (χ2n) is 3.80. The van der Waals surface area contributed by atoms with Crippen molar-refractivity contribution in [2.75, 3.05) is 0 Å². The minimum absolute atomic E-state index is 1.01. The molecule has 1 rings (SSSR count). The molecule has 1 saturated carbocycles. The molecule has 1 aliphatic carbocycles. The molecule has 0 aromatic carbocycles. The van der Waals surface area contributed by atoms with Crippen LogP contribution in [-0.4, -0.2) is 0 Å². The summed E-state index contributed by atoms with van der Waals surface area (Å²) in [5, 5.41) is 0. The van der Waals surface area contributed by atoms with Crippen LogP contribution in [-0.2, 0) is 0 Å². The van der Waals surface area contributed by atoms with E-state index in [2.05, 4.69) is 20.8 Å². The van der Waals surface area contributed by atoms with Crippen molar-refractivity contribution in [1.29, 1.82) is 0 Å². The molecule has 0 heteroatoms. The van der Waals surface area contributed by atoms with Gasteiger partial charge in [-0.25, -0.2) is 0 Å². The third kappa shape index (κ3) is 1.36. The average molecular weight is 140 g/mol. The first-order valence-corrected chi connectivity index (χ1v) is 4.79. The molecule has 0 spiro atoms. The van der Waals surface area contributed by atoms with Gasteiger partial charge in [0.2, 0.25) is 0 Å². The first-order valence-electron chi connectivity index (χ1n) is 4.79. The minimum Gasteiger partial charge on any atom is -0.0651 e. The van der Waals surface area contributed by atoms with Crippen molar-refractivity contribution >= 4 is 0 Å². The lowest BCUT2D eigenvalue weighted by molar-refractivity contribution is 0.310. The molecule has 0 aliphatic heterocycles. The van der Waals surface area contributed by atoms with Crippen molar-refractivity contribution in [1.82, 2.24) is 0 Å². The van der Waals surface area contributed by atoms with E-state index >= 15 is 0 Å². The van der Waals surface area contributed by atoms with Crippen LogP contribution in [0.15, 0.2) is 0 Å². The Morgan fingerprint density at radius 3 is 2.20 bits per heavy atom. The van der Waals surface area contributed by atoms with E-state index in [9.17, 15) is 0 Å². The predicted molar refractivity (Wildman–Crippen MR) is 46.0 cm³/mol. The molecule has 3 atom stereocenters. The maximum atomic E-state index is 2.42. The van der Waals surface area contributed by atoms with E-state index in [0.29, 0.717) is 0 Å². The van der Waals surface area contributed by atoms with Crippen LogP contribution in [0.1, 0.15) is 46.5 Å². The molecule has 10 heavy (non-hydrogen) atoms. The molecule has 1 fully saturated rings. The van der Waals surface area contributed by atoms with Crippen LogP contribution < -0.4 is 0 Å². The predicted octanol–water partition coefficient (Wildman–Crippen LogP) is 3.47. The van der Waals surface area contributed by atoms with Crippen molar-refractivity contribution in [3.05, 3.63) is 0 Å². The number of hydrogen-bond donors (Lipinski definition) is 0. The summed E-state index contributed by atoms with van der Waals surface area (Å²) in [5.41, 5.74) is 0. The number of hydrogen-bond acceptors (Lipinski definition) is 0. The Morgan fingerprint density at radius 2 is 1.80 bits per heavy atom. The number of rotatable bonds is 2. The van der Waals surface area contributed by atoms with Gasteiger partial charge in [0, 0.05) is 0 Å². The molecule has 0 aromatic rings. The van der Waals surface area contributed by atoms with E-state index in [1.165, 1.54) is 25.7 Å². The van der Waals surface area contributed by atoms with Crippen LogP contribution in [0.5, 0.6) is 0 Å². The van der Waals surface area contributed by atoms with Crippen molar-refractivity contribution < 1.29 is 0 Å². The van der Waals surface area contributed by atoms with Crippen LogP contribution in [0.3, 0.4) is 0 Å². The average Bonchev–Trinajstić information content (AvgIpc) is 2.30. The lowest BCUT2D eigenvalue weighted by atomic mass is 9.87. The normalized spacial score (nSPS) is 40.5. The highest BCUT2D eigenvalue weighted by molar-refractivity contribution is 4.80. The zero-order valence-electron chi connectivity index (χ0n) is 7.56. The Bertz CT molecular complexity index is 96.2. The second kappa shape index (κ2) is 3.41. The third-order valence-corrected chi connectivity index (χ3v) is 3.32. The van der Waals surface area contributed by atoms with Gasteiger partial charge in [-0.15, -0.1) is 0 Å². The highest BCUT2D eigenvalue weighted by Crippen LogP contribution is 2.40. The Hall–Kier alpha value is 0. The smallest absolute Gasteiger partial charge is 0.0363 e. The van der Waals surface area contributed by atoms with E-state index in [1.807, 2.05) is 0 Å². The summed E-state index contributed by atoms with van der Waals surface area (Å²) in [4.78, 5) is 0. The highest BCUT2D eigenvalue weighted by atomic mass is 14.3. The highest BCUT2D eigenvalue weighted by Gasteiger charge is 2.29. The molecule has 0 aromatic heterocycles. The molecule has 60 valence electrons. The maximum absolute atomic E-state index is 2.42. The molecule has 0 radical (unpaired) electrons. The van der Waals surface area contributed by atoms with E-state index in [4.69, 9.17) is 0 Å². The van der Waals surface area contributed by atoms with E-state index in [-0.39, 0.29) is 0 Å². The summed E-state index contributed by atoms with van der Waals surface area (Å²) in [6, 6.07) is 0. The van der Waals surface area contributed by atoms with Crippen molar-refractivity contribution in [3.8, 4) is 0 Å². The van der Waals surface area contributed by atoms with Gasteiger partial charge in [-0.1, -0.05) is 40.0 Å². The molecule has 0 amide bonds. The van der Waals surface area contributed by atoms with E-state index < -0.39 is 0 Å². The van der Waals surface area contributed by atoms with E-state index in [0.717, 1.165) is 17.8 Å². The van der Waals surface area contributed by atoms with Gasteiger partial charge in [-0.05, 0) is 24.2 Å². The summed E-state index contributed by atoms with van der Waals surface area (Å²) in [5.74, 6) is 3.11. The summed E-state index contributed by atoms with van der Waals surface area (Å²) >= 11 is 0. The van der Waals surface area contributed by atoms with E-state index in [1.54, 1.807) is 0 Å². The van der Waals surface area contributed by atoms with Crippen molar-refractivity contribution in [3.63, 3.8) is 0 Å². The van der Waals surface area contributed by atoms with Crippen molar-refractivity contribution in [2.45, 2.75) is 46.5 Å². The largest absolute Gasteiger partial charge is 0.0651 e. The van der Waals surface area contributed by atoms with Crippen LogP contribution in [0.25, 0.3) is 0 Å². The fraction of sp³-hybridized carbons (Fsp3) is 1.00. The fourth-order valence-corrected chi connectivity index (χ4v) is 2.61. The fourth-order valence-electron chi connectivity index (χ4n) is 2.61. The van der Waals surface area contributed by atoms with Gasteiger partial charge >= 0.3 is 0 Å². The zero-order valence-corrected chi connectivity index (χ0v) is 7.56. The van der Waals surface area contributed by atoms with Gasteiger partial charge in [0.05, 0.1) is 0 Å². The van der Waals surface area contributed by atoms with Crippen LogP contribution in [0.2, 0.25) is 0 Å². The lowest BCUT2D eigenvalue weighted by Gasteiger charge is -2.19. The lowest BCUT2D eigenvalue weighted by Crippen LogP contribution is -2.10. The molecule has 1 aliphatic rings. The Morgan fingerprint density at radius 1 is 1.10 bits per heavy atom. The second-order valence-corrected chi connectivity index (χ2v) is 3.80. The molecule has 0 bridgehead atoms. The van der Waals surface area contributed by atoms with Crippen LogP contribution in [0, 0.1) is 17.8 Å². The molecule has 0 saturated heterocycles. The Labute approximate surface area is 65.0 Å². The van der Waals surface area contributed by atoms with Crippen molar-refractivity contribution in [2.24, 2.45) is 17.8 Å². The SMILES string of the molecule is CCC1CCC(C)C1CC. The molecule has 0 heterocycles. The summed E-state index contributed by atoms with van der Waals surface area (Å²) < 4.78 is 0. The Balaban J connectivity index is 2.45.